The first-order valence-corrected chi connectivity index (χ1v) is 9.16. The Hall–Kier alpha value is -3.22. The lowest BCUT2D eigenvalue weighted by Crippen LogP contribution is -2.45. The number of carbonyl (C=O) groups is 2. The zero-order valence-electron chi connectivity index (χ0n) is 16.4. The van der Waals surface area contributed by atoms with E-state index in [1.807, 2.05) is 44.2 Å². The van der Waals surface area contributed by atoms with Gasteiger partial charge in [0.1, 0.15) is 17.5 Å². The molecule has 2 N–H and O–H groups in total. The van der Waals surface area contributed by atoms with E-state index in [2.05, 4.69) is 15.4 Å². The summed E-state index contributed by atoms with van der Waals surface area (Å²) in [6, 6.07) is 13.8. The number of alkyl carbamates (subject to hydrolysis) is 1. The second-order valence-corrected chi connectivity index (χ2v) is 5.89. The highest BCUT2D eigenvalue weighted by Crippen LogP contribution is 2.29. The normalized spacial score (nSPS) is 11.2. The first-order chi connectivity index (χ1) is 13.6. The second-order valence-electron chi connectivity index (χ2n) is 5.89. The SMILES string of the molecule is CCOc1ccc(OCC)c(NC(=O)C(Cc2ccccc2)NC(=O)OC)c1. The monoisotopic (exact) mass is 386 g/mol. The third-order valence-electron chi connectivity index (χ3n) is 3.90. The van der Waals surface area contributed by atoms with Gasteiger partial charge in [-0.1, -0.05) is 30.3 Å². The van der Waals surface area contributed by atoms with Crippen LogP contribution in [0, 0.1) is 0 Å². The van der Waals surface area contributed by atoms with Crippen LogP contribution in [0.2, 0.25) is 0 Å². The number of hydrogen-bond acceptors (Lipinski definition) is 5. The van der Waals surface area contributed by atoms with E-state index in [1.165, 1.54) is 7.11 Å². The van der Waals surface area contributed by atoms with Gasteiger partial charge in [0, 0.05) is 12.5 Å². The van der Waals surface area contributed by atoms with Crippen LogP contribution in [0.3, 0.4) is 0 Å². The number of anilines is 1. The number of nitrogens with one attached hydrogen (secondary N) is 2. The van der Waals surface area contributed by atoms with Crippen LogP contribution in [-0.4, -0.2) is 38.4 Å². The molecule has 0 heterocycles. The highest BCUT2D eigenvalue weighted by Gasteiger charge is 2.23. The standard InChI is InChI=1S/C21H26N2O5/c1-4-27-16-11-12-19(28-5-2)17(14-16)22-20(24)18(23-21(25)26-3)13-15-9-7-6-8-10-15/h6-12,14,18H,4-5,13H2,1-3H3,(H,22,24)(H,23,25). The van der Waals surface area contributed by atoms with Crippen molar-refractivity contribution >= 4 is 17.7 Å². The van der Waals surface area contributed by atoms with E-state index in [-0.39, 0.29) is 5.91 Å². The highest BCUT2D eigenvalue weighted by molar-refractivity contribution is 5.98. The first kappa shape index (κ1) is 21.1. The van der Waals surface area contributed by atoms with Crippen LogP contribution in [-0.2, 0) is 16.0 Å². The third kappa shape index (κ3) is 6.19. The maximum atomic E-state index is 12.9. The number of amides is 2. The molecule has 7 heteroatoms. The van der Waals surface area contributed by atoms with Gasteiger partial charge < -0.3 is 24.8 Å². The van der Waals surface area contributed by atoms with Crippen LogP contribution >= 0.6 is 0 Å². The smallest absolute Gasteiger partial charge is 0.407 e. The molecule has 0 saturated carbocycles. The van der Waals surface area contributed by atoms with Gasteiger partial charge in [0.25, 0.3) is 0 Å². The molecule has 0 aliphatic heterocycles. The molecule has 0 aromatic heterocycles. The molecule has 1 unspecified atom stereocenters. The highest BCUT2D eigenvalue weighted by atomic mass is 16.5. The van der Waals surface area contributed by atoms with Crippen molar-refractivity contribution < 1.29 is 23.8 Å². The molecule has 1 atom stereocenters. The fourth-order valence-electron chi connectivity index (χ4n) is 2.62. The van der Waals surface area contributed by atoms with Crippen LogP contribution in [0.5, 0.6) is 11.5 Å². The van der Waals surface area contributed by atoms with E-state index in [9.17, 15) is 9.59 Å². The second kappa shape index (κ2) is 10.8. The summed E-state index contributed by atoms with van der Waals surface area (Å²) in [5, 5.41) is 5.41. The number of rotatable bonds is 9. The maximum absolute atomic E-state index is 12.9. The zero-order valence-corrected chi connectivity index (χ0v) is 16.4. The topological polar surface area (TPSA) is 85.9 Å². The van der Waals surface area contributed by atoms with Crippen molar-refractivity contribution in [1.82, 2.24) is 5.32 Å². The molecule has 0 saturated heterocycles. The minimum absolute atomic E-state index is 0.316. The lowest BCUT2D eigenvalue weighted by molar-refractivity contribution is -0.118. The minimum atomic E-state index is -0.819. The molecule has 0 spiro atoms. The third-order valence-corrected chi connectivity index (χ3v) is 3.90. The Kier molecular flexibility index (Phi) is 8.14. The molecular formula is C21H26N2O5. The summed E-state index contributed by atoms with van der Waals surface area (Å²) < 4.78 is 15.7. The molecule has 2 rings (SSSR count). The zero-order chi connectivity index (χ0) is 20.4. The average Bonchev–Trinajstić information content (AvgIpc) is 2.70. The summed E-state index contributed by atoms with van der Waals surface area (Å²) in [5.74, 6) is 0.751. The van der Waals surface area contributed by atoms with Crippen molar-refractivity contribution in [1.29, 1.82) is 0 Å². The summed E-state index contributed by atoms with van der Waals surface area (Å²) in [4.78, 5) is 24.6. The van der Waals surface area contributed by atoms with E-state index < -0.39 is 12.1 Å². The van der Waals surface area contributed by atoms with Crippen LogP contribution in [0.25, 0.3) is 0 Å². The molecule has 2 amide bonds. The Morgan fingerprint density at radius 1 is 1.00 bits per heavy atom. The molecule has 0 fully saturated rings. The predicted molar refractivity (Wildman–Crippen MR) is 107 cm³/mol. The maximum Gasteiger partial charge on any atom is 0.407 e. The van der Waals surface area contributed by atoms with Gasteiger partial charge in [0.15, 0.2) is 0 Å². The van der Waals surface area contributed by atoms with Crippen molar-refractivity contribution in [2.24, 2.45) is 0 Å². The molecule has 28 heavy (non-hydrogen) atoms. The molecule has 0 aliphatic rings. The summed E-state index contributed by atoms with van der Waals surface area (Å²) in [5.41, 5.74) is 1.38. The first-order valence-electron chi connectivity index (χ1n) is 9.16. The predicted octanol–water partition coefficient (Wildman–Crippen LogP) is 3.39. The van der Waals surface area contributed by atoms with Gasteiger partial charge in [-0.25, -0.2) is 4.79 Å². The molecule has 2 aromatic carbocycles. The molecule has 0 radical (unpaired) electrons. The Morgan fingerprint density at radius 3 is 2.36 bits per heavy atom. The van der Waals surface area contributed by atoms with Crippen molar-refractivity contribution in [2.45, 2.75) is 26.3 Å². The molecule has 2 aromatic rings. The van der Waals surface area contributed by atoms with Gasteiger partial charge in [0.05, 0.1) is 26.0 Å². The van der Waals surface area contributed by atoms with Gasteiger partial charge in [0.2, 0.25) is 5.91 Å². The van der Waals surface area contributed by atoms with Gasteiger partial charge in [-0.2, -0.15) is 0 Å². The van der Waals surface area contributed by atoms with Gasteiger partial charge in [-0.05, 0) is 31.5 Å². The van der Waals surface area contributed by atoms with Crippen LogP contribution in [0.4, 0.5) is 10.5 Å². The number of methoxy groups -OCH3 is 1. The lowest BCUT2D eigenvalue weighted by atomic mass is 10.1. The average molecular weight is 386 g/mol. The number of benzene rings is 2. The number of hydrogen-bond donors (Lipinski definition) is 2. The minimum Gasteiger partial charge on any atom is -0.494 e. The Balaban J connectivity index is 2.23. The quantitative estimate of drug-likeness (QED) is 0.690. The van der Waals surface area contributed by atoms with E-state index in [0.717, 1.165) is 5.56 Å². The Labute approximate surface area is 165 Å². The van der Waals surface area contributed by atoms with E-state index in [0.29, 0.717) is 36.8 Å². The molecule has 7 nitrogen and oxygen atoms in total. The van der Waals surface area contributed by atoms with Crippen LogP contribution in [0.15, 0.2) is 48.5 Å². The van der Waals surface area contributed by atoms with Crippen molar-refractivity contribution in [2.75, 3.05) is 25.6 Å². The summed E-state index contributed by atoms with van der Waals surface area (Å²) in [6.45, 7) is 4.69. The Bertz CT molecular complexity index is 780. The van der Waals surface area contributed by atoms with E-state index in [4.69, 9.17) is 9.47 Å². The summed E-state index contributed by atoms with van der Waals surface area (Å²) in [7, 11) is 1.26. The fourth-order valence-corrected chi connectivity index (χ4v) is 2.62. The number of carbonyl (C=O) groups excluding carboxylic acids is 2. The number of ether oxygens (including phenoxy) is 3. The van der Waals surface area contributed by atoms with Crippen molar-refractivity contribution in [3.05, 3.63) is 54.1 Å². The fraction of sp³-hybridized carbons (Fsp3) is 0.333. The molecular weight excluding hydrogens is 360 g/mol. The van der Waals surface area contributed by atoms with Crippen molar-refractivity contribution in [3.63, 3.8) is 0 Å². The summed E-state index contributed by atoms with van der Waals surface area (Å²) >= 11 is 0. The largest absolute Gasteiger partial charge is 0.494 e. The van der Waals surface area contributed by atoms with Gasteiger partial charge in [-0.3, -0.25) is 4.79 Å². The Morgan fingerprint density at radius 2 is 1.71 bits per heavy atom. The van der Waals surface area contributed by atoms with Crippen LogP contribution in [0.1, 0.15) is 19.4 Å². The molecule has 0 aliphatic carbocycles. The summed E-state index contributed by atoms with van der Waals surface area (Å²) in [6.07, 6.45) is -0.360. The van der Waals surface area contributed by atoms with E-state index in [1.54, 1.807) is 18.2 Å². The van der Waals surface area contributed by atoms with Crippen molar-refractivity contribution in [3.8, 4) is 11.5 Å². The van der Waals surface area contributed by atoms with Crippen LogP contribution < -0.4 is 20.1 Å². The molecule has 0 bridgehead atoms. The van der Waals surface area contributed by atoms with E-state index >= 15 is 0 Å². The van der Waals surface area contributed by atoms with Gasteiger partial charge in [-0.15, -0.1) is 0 Å². The lowest BCUT2D eigenvalue weighted by Gasteiger charge is -2.19. The van der Waals surface area contributed by atoms with Gasteiger partial charge >= 0.3 is 6.09 Å². The molecule has 150 valence electrons.